The van der Waals surface area contributed by atoms with Crippen molar-refractivity contribution >= 4 is 23.4 Å². The Morgan fingerprint density at radius 3 is 2.48 bits per heavy atom. The Balaban J connectivity index is 1.71. The van der Waals surface area contributed by atoms with E-state index in [0.717, 1.165) is 5.56 Å². The maximum Gasteiger partial charge on any atom is 0.237 e. The highest BCUT2D eigenvalue weighted by molar-refractivity contribution is 8.00. The van der Waals surface area contributed by atoms with Crippen molar-refractivity contribution in [1.82, 2.24) is 14.9 Å². The van der Waals surface area contributed by atoms with Crippen molar-refractivity contribution in [3.63, 3.8) is 0 Å². The Hall–Kier alpha value is -2.87. The normalized spacial score (nSPS) is 12.6. The lowest BCUT2D eigenvalue weighted by molar-refractivity contribution is -0.115. The largest absolute Gasteiger partial charge is 0.335 e. The first-order chi connectivity index (χ1) is 13.6. The second-order valence-corrected chi connectivity index (χ2v) is 9.07. The molecule has 2 aromatic carbocycles. The number of rotatable bonds is 5. The number of hydrogen-bond acceptors (Lipinski definition) is 5. The number of halogens is 1. The molecule has 152 valence electrons. The van der Waals surface area contributed by atoms with Crippen LogP contribution in [0.3, 0.4) is 0 Å². The molecular formula is C21H24FN5OS. The van der Waals surface area contributed by atoms with Crippen molar-refractivity contribution in [2.75, 3.05) is 11.2 Å². The molecule has 6 nitrogen and oxygen atoms in total. The van der Waals surface area contributed by atoms with E-state index in [-0.39, 0.29) is 11.3 Å². The third-order valence-corrected chi connectivity index (χ3v) is 5.47. The van der Waals surface area contributed by atoms with Gasteiger partial charge in [0.25, 0.3) is 0 Å². The summed E-state index contributed by atoms with van der Waals surface area (Å²) < 4.78 is 14.7. The van der Waals surface area contributed by atoms with Gasteiger partial charge >= 0.3 is 0 Å². The summed E-state index contributed by atoms with van der Waals surface area (Å²) >= 11 is 1.18. The van der Waals surface area contributed by atoms with Crippen molar-refractivity contribution in [1.29, 1.82) is 0 Å². The molecule has 8 heteroatoms. The third-order valence-electron chi connectivity index (χ3n) is 4.42. The minimum absolute atomic E-state index is 0.0559. The zero-order valence-electron chi connectivity index (χ0n) is 16.8. The monoisotopic (exact) mass is 413 g/mol. The molecule has 0 aliphatic rings. The first kappa shape index (κ1) is 20.9. The summed E-state index contributed by atoms with van der Waals surface area (Å²) in [7, 11) is 0. The van der Waals surface area contributed by atoms with Crippen molar-refractivity contribution in [3.8, 4) is 11.4 Å². The summed E-state index contributed by atoms with van der Waals surface area (Å²) in [6, 6.07) is 13.8. The number of carbonyl (C=O) groups is 1. The van der Waals surface area contributed by atoms with Gasteiger partial charge in [0.1, 0.15) is 5.82 Å². The summed E-state index contributed by atoms with van der Waals surface area (Å²) in [5.41, 5.74) is 2.51. The third kappa shape index (κ3) is 4.95. The van der Waals surface area contributed by atoms with Crippen LogP contribution in [0.4, 0.5) is 10.1 Å². The van der Waals surface area contributed by atoms with Crippen LogP contribution in [0.2, 0.25) is 0 Å². The fourth-order valence-electron chi connectivity index (χ4n) is 2.70. The summed E-state index contributed by atoms with van der Waals surface area (Å²) in [5.74, 6) is 6.00. The standard InChI is InChI=1S/C21H24FN5OS/c1-13(19(28)24-17-7-5-6-16(22)12-17)29-20-26-25-18(27(20)23)14-8-10-15(11-9-14)21(2,3)4/h5-13H,23H2,1-4H3,(H,24,28)/t13-/m1/s1. The molecule has 0 aliphatic carbocycles. The average Bonchev–Trinajstić information content (AvgIpc) is 3.01. The van der Waals surface area contributed by atoms with Crippen LogP contribution >= 0.6 is 11.8 Å². The summed E-state index contributed by atoms with van der Waals surface area (Å²) in [4.78, 5) is 12.4. The van der Waals surface area contributed by atoms with E-state index in [9.17, 15) is 9.18 Å². The van der Waals surface area contributed by atoms with Gasteiger partial charge in [0.2, 0.25) is 11.1 Å². The fourth-order valence-corrected chi connectivity index (χ4v) is 3.47. The Morgan fingerprint density at radius 1 is 1.17 bits per heavy atom. The number of amides is 1. The first-order valence-corrected chi connectivity index (χ1v) is 10.1. The van der Waals surface area contributed by atoms with E-state index in [1.54, 1.807) is 13.0 Å². The van der Waals surface area contributed by atoms with Crippen LogP contribution in [0.5, 0.6) is 0 Å². The van der Waals surface area contributed by atoms with E-state index >= 15 is 0 Å². The van der Waals surface area contributed by atoms with Gasteiger partial charge in [-0.1, -0.05) is 62.9 Å². The van der Waals surface area contributed by atoms with Gasteiger partial charge in [-0.15, -0.1) is 10.2 Å². The number of carbonyl (C=O) groups excluding carboxylic acids is 1. The molecule has 1 heterocycles. The van der Waals surface area contributed by atoms with Crippen LogP contribution in [0.25, 0.3) is 11.4 Å². The van der Waals surface area contributed by atoms with Crippen LogP contribution in [-0.4, -0.2) is 26.0 Å². The molecule has 3 aromatic rings. The number of aromatic nitrogens is 3. The average molecular weight is 414 g/mol. The van der Waals surface area contributed by atoms with E-state index in [4.69, 9.17) is 5.84 Å². The number of nitrogen functional groups attached to an aromatic ring is 1. The number of nitrogens with one attached hydrogen (secondary N) is 1. The molecule has 3 N–H and O–H groups in total. The van der Waals surface area contributed by atoms with Gasteiger partial charge in [0.05, 0.1) is 5.25 Å². The Kier molecular flexibility index (Phi) is 5.93. The predicted octanol–water partition coefficient (Wildman–Crippen LogP) is 4.21. The smallest absolute Gasteiger partial charge is 0.237 e. The molecule has 0 radical (unpaired) electrons. The molecule has 29 heavy (non-hydrogen) atoms. The molecular weight excluding hydrogens is 389 g/mol. The minimum Gasteiger partial charge on any atom is -0.335 e. The van der Waals surface area contributed by atoms with Gasteiger partial charge in [-0.3, -0.25) is 4.79 Å². The number of nitrogens with two attached hydrogens (primary N) is 1. The predicted molar refractivity (Wildman–Crippen MR) is 115 cm³/mol. The number of benzene rings is 2. The van der Waals surface area contributed by atoms with Gasteiger partial charge in [0, 0.05) is 11.3 Å². The molecule has 1 aromatic heterocycles. The van der Waals surface area contributed by atoms with E-state index in [1.807, 2.05) is 24.3 Å². The van der Waals surface area contributed by atoms with E-state index in [2.05, 4.69) is 36.3 Å². The van der Waals surface area contributed by atoms with Crippen LogP contribution in [0.15, 0.2) is 53.7 Å². The number of hydrogen-bond donors (Lipinski definition) is 2. The van der Waals surface area contributed by atoms with E-state index < -0.39 is 11.1 Å². The Bertz CT molecular complexity index is 1010. The topological polar surface area (TPSA) is 85.8 Å². The quantitative estimate of drug-likeness (QED) is 0.483. The lowest BCUT2D eigenvalue weighted by Crippen LogP contribution is -2.23. The highest BCUT2D eigenvalue weighted by Crippen LogP contribution is 2.28. The maximum absolute atomic E-state index is 13.3. The van der Waals surface area contributed by atoms with E-state index in [1.165, 1.54) is 40.2 Å². The van der Waals surface area contributed by atoms with Gasteiger partial charge < -0.3 is 11.2 Å². The number of thioether (sulfide) groups is 1. The van der Waals surface area contributed by atoms with Crippen LogP contribution in [0.1, 0.15) is 33.3 Å². The van der Waals surface area contributed by atoms with Gasteiger partial charge in [-0.2, -0.15) is 0 Å². The molecule has 0 spiro atoms. The lowest BCUT2D eigenvalue weighted by Gasteiger charge is -2.19. The molecule has 0 fully saturated rings. The van der Waals surface area contributed by atoms with Crippen LogP contribution in [0, 0.1) is 5.82 Å². The van der Waals surface area contributed by atoms with Crippen LogP contribution in [-0.2, 0) is 10.2 Å². The molecule has 3 rings (SSSR count). The van der Waals surface area contributed by atoms with Gasteiger partial charge in [-0.25, -0.2) is 9.07 Å². The minimum atomic E-state index is -0.499. The molecule has 1 atom stereocenters. The van der Waals surface area contributed by atoms with Crippen molar-refractivity contribution < 1.29 is 9.18 Å². The summed E-state index contributed by atoms with van der Waals surface area (Å²) in [6.45, 7) is 8.18. The fraction of sp³-hybridized carbons (Fsp3) is 0.286. The number of nitrogens with zero attached hydrogens (tertiary/aromatic N) is 3. The van der Waals surface area contributed by atoms with Crippen molar-refractivity contribution in [2.45, 2.75) is 43.5 Å². The number of anilines is 1. The lowest BCUT2D eigenvalue weighted by atomic mass is 9.87. The molecule has 0 aliphatic heterocycles. The molecule has 0 bridgehead atoms. The molecule has 0 unspecified atom stereocenters. The van der Waals surface area contributed by atoms with Crippen molar-refractivity contribution in [3.05, 3.63) is 59.9 Å². The van der Waals surface area contributed by atoms with E-state index in [0.29, 0.717) is 16.7 Å². The molecule has 0 saturated heterocycles. The molecule has 0 saturated carbocycles. The zero-order chi connectivity index (χ0) is 21.2. The Morgan fingerprint density at radius 2 is 1.86 bits per heavy atom. The Labute approximate surface area is 173 Å². The second kappa shape index (κ2) is 8.24. The second-order valence-electron chi connectivity index (χ2n) is 7.76. The van der Waals surface area contributed by atoms with Crippen molar-refractivity contribution in [2.24, 2.45) is 0 Å². The highest BCUT2D eigenvalue weighted by Gasteiger charge is 2.21. The van der Waals surface area contributed by atoms with Gasteiger partial charge in [-0.05, 0) is 36.1 Å². The summed E-state index contributed by atoms with van der Waals surface area (Å²) in [6.07, 6.45) is 0. The molecule has 1 amide bonds. The van der Waals surface area contributed by atoms with Gasteiger partial charge in [0.15, 0.2) is 5.82 Å². The zero-order valence-corrected chi connectivity index (χ0v) is 17.6. The first-order valence-electron chi connectivity index (χ1n) is 9.19. The maximum atomic E-state index is 13.3. The highest BCUT2D eigenvalue weighted by atomic mass is 32.2. The van der Waals surface area contributed by atoms with Crippen LogP contribution < -0.4 is 11.2 Å². The summed E-state index contributed by atoms with van der Waals surface area (Å²) in [5, 5.41) is 10.9. The SMILES string of the molecule is C[C@@H](Sc1nnc(-c2ccc(C(C)(C)C)cc2)n1N)C(=O)Nc1cccc(F)c1.